The molecule has 0 radical (unpaired) electrons. The van der Waals surface area contributed by atoms with Crippen molar-refractivity contribution in [2.45, 2.75) is 26.8 Å². The summed E-state index contributed by atoms with van der Waals surface area (Å²) >= 11 is 0. The second-order valence-electron chi connectivity index (χ2n) is 6.78. The molecule has 8 heteroatoms. The Morgan fingerprint density at radius 1 is 1.03 bits per heavy atom. The topological polar surface area (TPSA) is 81.7 Å². The van der Waals surface area contributed by atoms with Crippen molar-refractivity contribution in [3.05, 3.63) is 65.2 Å². The Morgan fingerprint density at radius 3 is 2.37 bits per heavy atom. The molecule has 0 aliphatic rings. The number of benzene rings is 2. The molecule has 30 heavy (non-hydrogen) atoms. The molecule has 0 fully saturated rings. The molecule has 2 rings (SSSR count). The molecule has 0 saturated heterocycles. The third-order valence-electron chi connectivity index (χ3n) is 4.23. The van der Waals surface area contributed by atoms with Crippen LogP contribution in [0.15, 0.2) is 42.5 Å². The van der Waals surface area contributed by atoms with Gasteiger partial charge in [-0.15, -0.1) is 0 Å². The Morgan fingerprint density at radius 2 is 1.73 bits per heavy atom. The van der Waals surface area contributed by atoms with Crippen LogP contribution in [0.25, 0.3) is 0 Å². The summed E-state index contributed by atoms with van der Waals surface area (Å²) in [7, 11) is 0. The van der Waals surface area contributed by atoms with Crippen molar-refractivity contribution in [3.8, 4) is 5.75 Å². The summed E-state index contributed by atoms with van der Waals surface area (Å²) in [6.45, 7) is 4.90. The number of hydrogen-bond donors (Lipinski definition) is 1. The molecule has 1 atom stereocenters. The second-order valence-corrected chi connectivity index (χ2v) is 6.78. The molecule has 160 valence electrons. The van der Waals surface area contributed by atoms with Crippen LogP contribution in [0.1, 0.15) is 41.5 Å². The maximum Gasteiger partial charge on any atom is 0.329 e. The molecule has 0 heterocycles. The predicted molar refractivity (Wildman–Crippen MR) is 105 cm³/mol. The largest absolute Gasteiger partial charge is 0.493 e. The minimum atomic E-state index is -1.17. The first-order valence-electron chi connectivity index (χ1n) is 9.42. The van der Waals surface area contributed by atoms with Crippen LogP contribution >= 0.6 is 0 Å². The molecule has 0 spiro atoms. The van der Waals surface area contributed by atoms with Gasteiger partial charge in [-0.3, -0.25) is 9.59 Å². The van der Waals surface area contributed by atoms with Crippen molar-refractivity contribution in [2.75, 3.05) is 13.2 Å². The van der Waals surface area contributed by atoms with Gasteiger partial charge in [-0.1, -0.05) is 26.0 Å². The van der Waals surface area contributed by atoms with Crippen LogP contribution < -0.4 is 10.1 Å². The van der Waals surface area contributed by atoms with Gasteiger partial charge in [0.05, 0.1) is 12.2 Å². The minimum absolute atomic E-state index is 0.127. The van der Waals surface area contributed by atoms with Gasteiger partial charge in [-0.2, -0.15) is 0 Å². The molecular formula is C22H23F2NO5. The standard InChI is InChI=1S/C22H23F2NO5/c1-4-29-19-8-6-5-7-15(19)21(27)25-20(13(2)3)22(28)30-12-18(26)14-9-10-16(23)17(24)11-14/h5-11,13,20H,4,12H2,1-3H3,(H,25,27)/t20-/m0/s1. The molecule has 0 saturated carbocycles. The van der Waals surface area contributed by atoms with Crippen LogP contribution in [0.3, 0.4) is 0 Å². The highest BCUT2D eigenvalue weighted by atomic mass is 19.2. The average Bonchev–Trinajstić information content (AvgIpc) is 2.72. The number of Topliss-reactive ketones (excluding diaryl/α,β-unsaturated/α-hetero) is 1. The van der Waals surface area contributed by atoms with Crippen LogP contribution in [0, 0.1) is 17.6 Å². The van der Waals surface area contributed by atoms with Gasteiger partial charge in [0, 0.05) is 5.56 Å². The van der Waals surface area contributed by atoms with Crippen molar-refractivity contribution in [3.63, 3.8) is 0 Å². The normalized spacial score (nSPS) is 11.7. The zero-order chi connectivity index (χ0) is 22.3. The van der Waals surface area contributed by atoms with Gasteiger partial charge in [-0.25, -0.2) is 13.6 Å². The van der Waals surface area contributed by atoms with Gasteiger partial charge in [0.2, 0.25) is 0 Å². The molecule has 2 aromatic carbocycles. The van der Waals surface area contributed by atoms with Crippen molar-refractivity contribution in [1.82, 2.24) is 5.32 Å². The fraction of sp³-hybridized carbons (Fsp3) is 0.318. The van der Waals surface area contributed by atoms with Crippen LogP contribution in [-0.4, -0.2) is 36.9 Å². The van der Waals surface area contributed by atoms with Gasteiger partial charge in [-0.05, 0) is 43.2 Å². The van der Waals surface area contributed by atoms with E-state index in [0.29, 0.717) is 12.4 Å². The van der Waals surface area contributed by atoms with Crippen LogP contribution in [0.5, 0.6) is 5.75 Å². The highest BCUT2D eigenvalue weighted by Crippen LogP contribution is 2.18. The second kappa shape index (κ2) is 10.5. The van der Waals surface area contributed by atoms with Crippen molar-refractivity contribution in [1.29, 1.82) is 0 Å². The van der Waals surface area contributed by atoms with E-state index >= 15 is 0 Å². The monoisotopic (exact) mass is 419 g/mol. The number of ether oxygens (including phenoxy) is 2. The van der Waals surface area contributed by atoms with E-state index in [-0.39, 0.29) is 17.0 Å². The first-order chi connectivity index (χ1) is 14.2. The predicted octanol–water partition coefficient (Wildman–Crippen LogP) is 3.54. The van der Waals surface area contributed by atoms with Gasteiger partial charge in [0.15, 0.2) is 24.0 Å². The summed E-state index contributed by atoms with van der Waals surface area (Å²) < 4.78 is 36.7. The zero-order valence-electron chi connectivity index (χ0n) is 16.9. The Labute approximate surface area is 173 Å². The maximum atomic E-state index is 13.3. The van der Waals surface area contributed by atoms with E-state index in [1.807, 2.05) is 0 Å². The summed E-state index contributed by atoms with van der Waals surface area (Å²) in [6.07, 6.45) is 0. The minimum Gasteiger partial charge on any atom is -0.493 e. The van der Waals surface area contributed by atoms with Crippen LogP contribution in [0.2, 0.25) is 0 Å². The van der Waals surface area contributed by atoms with Crippen LogP contribution in [0.4, 0.5) is 8.78 Å². The number of para-hydroxylation sites is 1. The third kappa shape index (κ3) is 5.85. The quantitative estimate of drug-likeness (QED) is 0.497. The fourth-order valence-electron chi connectivity index (χ4n) is 2.63. The van der Waals surface area contributed by atoms with Gasteiger partial charge < -0.3 is 14.8 Å². The summed E-state index contributed by atoms with van der Waals surface area (Å²) in [5, 5.41) is 2.60. The summed E-state index contributed by atoms with van der Waals surface area (Å²) in [6, 6.07) is 8.22. The highest BCUT2D eigenvalue weighted by Gasteiger charge is 2.28. The lowest BCUT2D eigenvalue weighted by Crippen LogP contribution is -2.45. The molecule has 2 aromatic rings. The number of carbonyl (C=O) groups is 3. The number of nitrogens with one attached hydrogen (secondary N) is 1. The van der Waals surface area contributed by atoms with Crippen LogP contribution in [-0.2, 0) is 9.53 Å². The first-order valence-corrected chi connectivity index (χ1v) is 9.42. The number of carbonyl (C=O) groups excluding carboxylic acids is 3. The number of halogens is 2. The SMILES string of the molecule is CCOc1ccccc1C(=O)N[C@H](C(=O)OCC(=O)c1ccc(F)c(F)c1)C(C)C. The van der Waals surface area contributed by atoms with E-state index < -0.39 is 41.9 Å². The average molecular weight is 419 g/mol. The zero-order valence-corrected chi connectivity index (χ0v) is 16.9. The molecule has 0 aromatic heterocycles. The molecular weight excluding hydrogens is 396 g/mol. The summed E-state index contributed by atoms with van der Waals surface area (Å²) in [4.78, 5) is 37.2. The highest BCUT2D eigenvalue weighted by molar-refractivity contribution is 6.00. The Kier molecular flexibility index (Phi) is 8.03. The fourth-order valence-corrected chi connectivity index (χ4v) is 2.63. The Bertz CT molecular complexity index is 929. The molecule has 0 bridgehead atoms. The lowest BCUT2D eigenvalue weighted by molar-refractivity contribution is -0.145. The smallest absolute Gasteiger partial charge is 0.329 e. The molecule has 1 N–H and O–H groups in total. The maximum absolute atomic E-state index is 13.3. The number of hydrogen-bond acceptors (Lipinski definition) is 5. The van der Waals surface area contributed by atoms with E-state index in [4.69, 9.17) is 9.47 Å². The van der Waals surface area contributed by atoms with Crippen molar-refractivity contribution >= 4 is 17.7 Å². The van der Waals surface area contributed by atoms with Crippen molar-refractivity contribution < 1.29 is 32.6 Å². The van der Waals surface area contributed by atoms with E-state index in [1.54, 1.807) is 45.0 Å². The Balaban J connectivity index is 2.05. The Hall–Kier alpha value is -3.29. The number of amides is 1. The number of esters is 1. The molecule has 1 amide bonds. The van der Waals surface area contributed by atoms with Gasteiger partial charge in [0.25, 0.3) is 5.91 Å². The van der Waals surface area contributed by atoms with Crippen molar-refractivity contribution in [2.24, 2.45) is 5.92 Å². The van der Waals surface area contributed by atoms with E-state index in [2.05, 4.69) is 5.32 Å². The molecule has 6 nitrogen and oxygen atoms in total. The molecule has 0 unspecified atom stereocenters. The number of rotatable bonds is 9. The first kappa shape index (κ1) is 23.0. The van der Waals surface area contributed by atoms with E-state index in [1.165, 1.54) is 0 Å². The lowest BCUT2D eigenvalue weighted by Gasteiger charge is -2.21. The number of ketones is 1. The van der Waals surface area contributed by atoms with Gasteiger partial charge in [0.1, 0.15) is 11.8 Å². The summed E-state index contributed by atoms with van der Waals surface area (Å²) in [5.74, 6) is -4.26. The van der Waals surface area contributed by atoms with Gasteiger partial charge >= 0.3 is 5.97 Å². The summed E-state index contributed by atoms with van der Waals surface area (Å²) in [5.41, 5.74) is 0.133. The third-order valence-corrected chi connectivity index (χ3v) is 4.23. The van der Waals surface area contributed by atoms with E-state index in [9.17, 15) is 23.2 Å². The molecule has 0 aliphatic heterocycles. The van der Waals surface area contributed by atoms with E-state index in [0.717, 1.165) is 18.2 Å². The lowest BCUT2D eigenvalue weighted by atomic mass is 10.0. The molecule has 0 aliphatic carbocycles.